The van der Waals surface area contributed by atoms with Crippen molar-refractivity contribution in [3.05, 3.63) is 70.8 Å². The number of aromatic nitrogens is 2. The van der Waals surface area contributed by atoms with Crippen molar-refractivity contribution in [3.8, 4) is 11.1 Å². The Balaban J connectivity index is 1.30. The molecule has 4 amide bonds. The van der Waals surface area contributed by atoms with Crippen LogP contribution < -0.4 is 9.62 Å². The maximum Gasteiger partial charge on any atom is 0.324 e. The van der Waals surface area contributed by atoms with Gasteiger partial charge in [-0.3, -0.25) is 23.5 Å². The van der Waals surface area contributed by atoms with Crippen LogP contribution in [0.25, 0.3) is 11.1 Å². The number of nitrogens with zero attached hydrogens (tertiary/aromatic N) is 4. The number of aryl methyl sites for hydroxylation is 1. The molecule has 61 heavy (non-hydrogen) atoms. The lowest BCUT2D eigenvalue weighted by Crippen LogP contribution is -2.55. The molecule has 0 bridgehead atoms. The molecule has 2 aliphatic rings. The molecule has 2 saturated carbocycles. The summed E-state index contributed by atoms with van der Waals surface area (Å²) in [6.45, 7) is 2.41. The average molecular weight is 886 g/mol. The van der Waals surface area contributed by atoms with Crippen LogP contribution in [0.1, 0.15) is 107 Å². The van der Waals surface area contributed by atoms with Crippen LogP contribution in [0.4, 0.5) is 10.5 Å². The highest BCUT2D eigenvalue weighted by Gasteiger charge is 2.49. The summed E-state index contributed by atoms with van der Waals surface area (Å²) in [6.07, 6.45) is 8.42. The normalized spacial score (nSPS) is 16.2. The van der Waals surface area contributed by atoms with Crippen molar-refractivity contribution in [3.63, 3.8) is 0 Å². The molecule has 334 valence electrons. The number of hydrogen-bond acceptors (Lipinski definition) is 10. The lowest BCUT2D eigenvalue weighted by atomic mass is 9.76. The first-order valence-electron chi connectivity index (χ1n) is 21.3. The molecule has 17 heteroatoms. The molecule has 0 aliphatic heterocycles. The molecule has 2 aliphatic carbocycles. The van der Waals surface area contributed by atoms with Crippen molar-refractivity contribution < 1.29 is 47.6 Å². The van der Waals surface area contributed by atoms with E-state index in [4.69, 9.17) is 21.1 Å². The van der Waals surface area contributed by atoms with Crippen molar-refractivity contribution in [1.82, 2.24) is 19.8 Å². The maximum absolute atomic E-state index is 14.6. The number of carboxylic acids is 1. The van der Waals surface area contributed by atoms with E-state index in [1.807, 2.05) is 28.8 Å². The molecule has 0 spiro atoms. The van der Waals surface area contributed by atoms with Crippen LogP contribution in [0.2, 0.25) is 5.15 Å². The Hall–Kier alpha value is -4.19. The van der Waals surface area contributed by atoms with Crippen LogP contribution in [-0.4, -0.2) is 96.8 Å². The molecule has 2 fully saturated rings. The molecule has 2 unspecified atom stereocenters. The Morgan fingerprint density at radius 1 is 1.05 bits per heavy atom. The number of aliphatic carboxylic acids is 1. The van der Waals surface area contributed by atoms with E-state index >= 15 is 0 Å². The zero-order valence-electron chi connectivity index (χ0n) is 35.2. The summed E-state index contributed by atoms with van der Waals surface area (Å²) in [7, 11) is 1.52. The second kappa shape index (κ2) is 23.3. The number of unbranched alkanes of at least 4 members (excludes halogenated alkanes) is 1. The number of aliphatic hydroxyl groups excluding tert-OH is 1. The fourth-order valence-electron chi connectivity index (χ4n) is 8.63. The topological polar surface area (TPSA) is 204 Å². The lowest BCUT2D eigenvalue weighted by molar-refractivity contribution is -0.149. The van der Waals surface area contributed by atoms with Gasteiger partial charge in [-0.2, -0.15) is 0 Å². The highest BCUT2D eigenvalue weighted by atomic mass is 35.5. The summed E-state index contributed by atoms with van der Waals surface area (Å²) in [6, 6.07) is 13.0. The number of carbonyl (C=O) groups excluding carboxylic acids is 3. The molecule has 5 rings (SSSR count). The second-order valence-electron chi connectivity index (χ2n) is 16.0. The van der Waals surface area contributed by atoms with Gasteiger partial charge in [-0.05, 0) is 55.7 Å². The molecule has 1 aromatic heterocycles. The van der Waals surface area contributed by atoms with E-state index < -0.39 is 52.5 Å². The van der Waals surface area contributed by atoms with Gasteiger partial charge < -0.3 is 34.1 Å². The minimum absolute atomic E-state index is 0.0274. The molecule has 3 aromatic rings. The van der Waals surface area contributed by atoms with Gasteiger partial charge in [0, 0.05) is 44.6 Å². The van der Waals surface area contributed by atoms with E-state index in [9.17, 15) is 38.2 Å². The number of benzene rings is 2. The molecule has 3 N–H and O–H groups in total. The number of imidazole rings is 1. The molecule has 2 atom stereocenters. The molecular weight excluding hydrogens is 826 g/mol. The summed E-state index contributed by atoms with van der Waals surface area (Å²) in [5, 5.41) is 23.1. The van der Waals surface area contributed by atoms with E-state index in [0.29, 0.717) is 66.4 Å². The van der Waals surface area contributed by atoms with E-state index in [2.05, 4.69) is 17.2 Å². The number of aliphatic hydroxyl groups is 1. The number of para-hydroxylation sites is 1. The van der Waals surface area contributed by atoms with Crippen molar-refractivity contribution in [2.24, 2.45) is 11.3 Å². The Morgan fingerprint density at radius 3 is 2.39 bits per heavy atom. The highest BCUT2D eigenvalue weighted by Crippen LogP contribution is 2.46. The van der Waals surface area contributed by atoms with Crippen LogP contribution in [0.5, 0.6) is 0 Å². The van der Waals surface area contributed by atoms with Crippen LogP contribution >= 0.6 is 11.6 Å². The van der Waals surface area contributed by atoms with E-state index in [1.165, 1.54) is 18.1 Å². The predicted octanol–water partition coefficient (Wildman–Crippen LogP) is 6.79. The number of carbonyl (C=O) groups is 4. The van der Waals surface area contributed by atoms with Crippen LogP contribution in [0.15, 0.2) is 48.5 Å². The fourth-order valence-corrected chi connectivity index (χ4v) is 9.47. The van der Waals surface area contributed by atoms with Crippen molar-refractivity contribution >= 4 is 52.4 Å². The third-order valence-electron chi connectivity index (χ3n) is 11.9. The summed E-state index contributed by atoms with van der Waals surface area (Å²) < 4.78 is 38.6. The van der Waals surface area contributed by atoms with Gasteiger partial charge in [0.15, 0.2) is 5.15 Å². The van der Waals surface area contributed by atoms with Gasteiger partial charge in [0.1, 0.15) is 5.82 Å². The standard InChI is InChI=1S/C44H60ClN5O10S/c1-3-4-16-38-47-40(45)37(29-51)48(38)28-31-17-19-32(20-18-31)35-14-8-9-15-36(35)50(61(57)58)39(52)21-24-46-43(56)49(34-12-6-5-7-13-34)42(55)44(22-10-11-23-44)27-33(41(53)54)30-60-26-25-59-2/h8-9,14-15,17-20,33-34,51H,3-7,10-13,16,21-30H2,1-2H3,(H,46,56)(H,53,54)(H,57,58)/p-1. The number of nitrogens with one attached hydrogen (secondary N) is 1. The summed E-state index contributed by atoms with van der Waals surface area (Å²) in [5.41, 5.74) is 1.63. The minimum Gasteiger partial charge on any atom is -0.755 e. The number of urea groups is 1. The first-order valence-corrected chi connectivity index (χ1v) is 22.7. The molecule has 0 saturated heterocycles. The summed E-state index contributed by atoms with van der Waals surface area (Å²) >= 11 is 3.33. The SMILES string of the molecule is CCCCc1nc(Cl)c(CO)n1Cc1ccc(-c2ccccc2N(C(=O)CCNC(=O)N(C(=O)C2(CC(COCCOC)C(=O)O)CCCC2)C2CCCCC2)S(=O)[O-])cc1. The number of carboxylic acid groups (broad SMARTS) is 1. The Labute approximate surface area is 365 Å². The van der Waals surface area contributed by atoms with Crippen molar-refractivity contribution in [1.29, 1.82) is 0 Å². The molecule has 1 heterocycles. The van der Waals surface area contributed by atoms with Crippen molar-refractivity contribution in [2.45, 2.75) is 116 Å². The average Bonchev–Trinajstić information content (AvgIpc) is 3.85. The van der Waals surface area contributed by atoms with Crippen molar-refractivity contribution in [2.75, 3.05) is 37.8 Å². The zero-order chi connectivity index (χ0) is 43.9. The fraction of sp³-hybridized carbons (Fsp3) is 0.568. The predicted molar refractivity (Wildman–Crippen MR) is 230 cm³/mol. The monoisotopic (exact) mass is 884 g/mol. The summed E-state index contributed by atoms with van der Waals surface area (Å²) in [5.74, 6) is -2.45. The number of ether oxygens (including phenoxy) is 2. The van der Waals surface area contributed by atoms with Gasteiger partial charge in [-0.15, -0.1) is 0 Å². The third-order valence-corrected chi connectivity index (χ3v) is 12.9. The first-order chi connectivity index (χ1) is 29.4. The number of anilines is 1. The zero-order valence-corrected chi connectivity index (χ0v) is 36.7. The number of halogens is 1. The van der Waals surface area contributed by atoms with E-state index in [0.717, 1.165) is 56.3 Å². The Kier molecular flexibility index (Phi) is 18.3. The van der Waals surface area contributed by atoms with Gasteiger partial charge in [0.25, 0.3) is 0 Å². The first kappa shape index (κ1) is 47.9. The van der Waals surface area contributed by atoms with Gasteiger partial charge in [-0.1, -0.05) is 99.5 Å². The van der Waals surface area contributed by atoms with Gasteiger partial charge in [0.05, 0.1) is 60.4 Å². The molecule has 2 aromatic carbocycles. The van der Waals surface area contributed by atoms with Crippen LogP contribution in [0, 0.1) is 11.3 Å². The van der Waals surface area contributed by atoms with Crippen LogP contribution in [-0.2, 0) is 54.7 Å². The molecule has 0 radical (unpaired) electrons. The highest BCUT2D eigenvalue weighted by molar-refractivity contribution is 7.81. The number of rotatable bonds is 22. The van der Waals surface area contributed by atoms with Gasteiger partial charge >= 0.3 is 12.0 Å². The Morgan fingerprint density at radius 2 is 1.75 bits per heavy atom. The quantitative estimate of drug-likeness (QED) is 0.0708. The summed E-state index contributed by atoms with van der Waals surface area (Å²) in [4.78, 5) is 60.5. The number of hydrogen-bond donors (Lipinski definition) is 3. The third kappa shape index (κ3) is 12.3. The molecule has 15 nitrogen and oxygen atoms in total. The number of amides is 4. The van der Waals surface area contributed by atoms with E-state index in [-0.39, 0.29) is 50.0 Å². The maximum atomic E-state index is 14.6. The van der Waals surface area contributed by atoms with Gasteiger partial charge in [0.2, 0.25) is 11.8 Å². The second-order valence-corrected chi connectivity index (χ2v) is 17.1. The Bertz CT molecular complexity index is 1970. The largest absolute Gasteiger partial charge is 0.755 e. The molecular formula is C44H59ClN5O10S-. The smallest absolute Gasteiger partial charge is 0.324 e. The minimum atomic E-state index is -3.02. The lowest BCUT2D eigenvalue weighted by Gasteiger charge is -2.40. The van der Waals surface area contributed by atoms with Crippen LogP contribution in [0.3, 0.4) is 0 Å². The van der Waals surface area contributed by atoms with Gasteiger partial charge in [-0.25, -0.2) is 14.1 Å². The number of imide groups is 1. The number of methoxy groups -OCH3 is 1. The van der Waals surface area contributed by atoms with E-state index in [1.54, 1.807) is 18.2 Å².